The second-order valence-electron chi connectivity index (χ2n) is 5.23. The van der Waals surface area contributed by atoms with Crippen LogP contribution in [-0.2, 0) is 9.09 Å². The molecule has 0 saturated heterocycles. The standard InChI is InChI=1S/C14H31N.C2H5O2P/c1-2-3-4-5-6-7-8-9-10-11-12-13-14-15;1-2-4-5-3/h2-15H2,1H3;2H2,1H3/p+1. The smallest absolute Gasteiger partial charge is 0.327 e. The van der Waals surface area contributed by atoms with Crippen molar-refractivity contribution >= 4 is 8.69 Å². The zero-order valence-corrected chi connectivity index (χ0v) is 14.8. The molecular weight excluding hydrogens is 269 g/mol. The normalized spacial score (nSPS) is 10.3. The molecule has 0 heterocycles. The Balaban J connectivity index is 0. The minimum atomic E-state index is -0.220. The lowest BCUT2D eigenvalue weighted by molar-refractivity contribution is -0.368. The maximum Gasteiger partial charge on any atom is 0.327 e. The van der Waals surface area contributed by atoms with Gasteiger partial charge < -0.3 is 5.73 Å². The highest BCUT2D eigenvalue weighted by atomic mass is 31.1. The van der Waals surface area contributed by atoms with Crippen LogP contribution in [0.25, 0.3) is 0 Å². The summed E-state index contributed by atoms with van der Waals surface area (Å²) in [7, 11) is -0.220. The number of hydrogen-bond acceptors (Lipinski definition) is 2. The summed E-state index contributed by atoms with van der Waals surface area (Å²) in [6.07, 6.45) is 17.2. The molecule has 0 unspecified atom stereocenters. The van der Waals surface area contributed by atoms with Gasteiger partial charge in [0.05, 0.1) is 13.2 Å². The number of quaternary nitrogens is 1. The van der Waals surface area contributed by atoms with Gasteiger partial charge in [-0.3, -0.25) is 4.52 Å². The fourth-order valence-electron chi connectivity index (χ4n) is 2.07. The zero-order chi connectivity index (χ0) is 15.3. The van der Waals surface area contributed by atoms with E-state index < -0.39 is 0 Å². The Labute approximate surface area is 128 Å². The fraction of sp³-hybridized carbons (Fsp3) is 1.00. The van der Waals surface area contributed by atoms with E-state index in [0.717, 1.165) is 6.54 Å². The highest BCUT2D eigenvalue weighted by Crippen LogP contribution is 2.11. The topological polar surface area (TPSA) is 53.9 Å². The predicted molar refractivity (Wildman–Crippen MR) is 88.1 cm³/mol. The van der Waals surface area contributed by atoms with Gasteiger partial charge in [0, 0.05) is 0 Å². The largest absolute Gasteiger partial charge is 0.358 e. The van der Waals surface area contributed by atoms with E-state index in [1.165, 1.54) is 77.0 Å². The van der Waals surface area contributed by atoms with Gasteiger partial charge in [-0.05, 0) is 19.8 Å². The van der Waals surface area contributed by atoms with Crippen molar-refractivity contribution < 1.29 is 14.8 Å². The molecule has 3 N–H and O–H groups in total. The minimum absolute atomic E-state index is 0.220. The molecule has 0 saturated carbocycles. The first kappa shape index (κ1) is 22.3. The summed E-state index contributed by atoms with van der Waals surface area (Å²) in [5.41, 5.74) is 3.87. The van der Waals surface area contributed by atoms with Crippen molar-refractivity contribution in [1.29, 1.82) is 0 Å². The van der Waals surface area contributed by atoms with Crippen molar-refractivity contribution in [2.24, 2.45) is 0 Å². The summed E-state index contributed by atoms with van der Waals surface area (Å²) in [6.45, 7) is 5.71. The Morgan fingerprint density at radius 2 is 1.15 bits per heavy atom. The average Bonchev–Trinajstić information content (AvgIpc) is 2.46. The third-order valence-electron chi connectivity index (χ3n) is 3.29. The fourth-order valence-corrected chi connectivity index (χ4v) is 2.18. The van der Waals surface area contributed by atoms with E-state index in [1.807, 2.05) is 0 Å². The van der Waals surface area contributed by atoms with Crippen LogP contribution < -0.4 is 5.73 Å². The molecule has 0 aromatic carbocycles. The molecule has 0 aromatic heterocycles. The van der Waals surface area contributed by atoms with Gasteiger partial charge in [0.1, 0.15) is 0 Å². The molecule has 0 spiro atoms. The van der Waals surface area contributed by atoms with Crippen LogP contribution in [0.1, 0.15) is 90.9 Å². The summed E-state index contributed by atoms with van der Waals surface area (Å²) in [6, 6.07) is 0. The molecule has 0 radical (unpaired) electrons. The van der Waals surface area contributed by atoms with Crippen LogP contribution in [-0.4, -0.2) is 13.2 Å². The highest BCUT2D eigenvalue weighted by Gasteiger charge is 1.92. The molecule has 0 amide bonds. The van der Waals surface area contributed by atoms with Crippen LogP contribution in [0.5, 0.6) is 0 Å². The van der Waals surface area contributed by atoms with Crippen molar-refractivity contribution in [3.63, 3.8) is 0 Å². The van der Waals surface area contributed by atoms with Gasteiger partial charge in [0.15, 0.2) is 0 Å². The lowest BCUT2D eigenvalue weighted by Crippen LogP contribution is -2.50. The quantitative estimate of drug-likeness (QED) is 0.356. The van der Waals surface area contributed by atoms with Crippen molar-refractivity contribution in [1.82, 2.24) is 0 Å². The van der Waals surface area contributed by atoms with Gasteiger partial charge in [0.25, 0.3) is 0 Å². The van der Waals surface area contributed by atoms with Crippen LogP contribution in [0.3, 0.4) is 0 Å². The lowest BCUT2D eigenvalue weighted by atomic mass is 10.1. The van der Waals surface area contributed by atoms with Gasteiger partial charge >= 0.3 is 8.69 Å². The number of hydrogen-bond donors (Lipinski definition) is 1. The molecule has 0 aromatic rings. The van der Waals surface area contributed by atoms with Crippen LogP contribution >= 0.6 is 8.69 Å². The summed E-state index contributed by atoms with van der Waals surface area (Å²) >= 11 is 0. The average molecular weight is 306 g/mol. The van der Waals surface area contributed by atoms with Crippen LogP contribution in [0.15, 0.2) is 0 Å². The van der Waals surface area contributed by atoms with E-state index in [0.29, 0.717) is 6.61 Å². The third-order valence-corrected chi connectivity index (χ3v) is 3.65. The van der Waals surface area contributed by atoms with Crippen LogP contribution in [0.4, 0.5) is 0 Å². The molecule has 4 heteroatoms. The Morgan fingerprint density at radius 1 is 0.750 bits per heavy atom. The van der Waals surface area contributed by atoms with Gasteiger partial charge in [-0.15, -0.1) is 0 Å². The van der Waals surface area contributed by atoms with Gasteiger partial charge in [0.2, 0.25) is 0 Å². The maximum absolute atomic E-state index is 9.28. The van der Waals surface area contributed by atoms with Crippen molar-refractivity contribution in [3.05, 3.63) is 0 Å². The molecule has 0 aliphatic rings. The Hall–Kier alpha value is 0.0200. The van der Waals surface area contributed by atoms with E-state index in [9.17, 15) is 4.57 Å². The molecule has 0 bridgehead atoms. The van der Waals surface area contributed by atoms with Crippen LogP contribution in [0, 0.1) is 0 Å². The molecule has 0 rings (SSSR count). The number of rotatable bonds is 14. The summed E-state index contributed by atoms with van der Waals surface area (Å²) < 4.78 is 13.5. The SMILES string of the molecule is CCCCCCCCCCCCCC[NH3+].CCOP=O. The second kappa shape index (κ2) is 24.1. The molecule has 0 aliphatic carbocycles. The van der Waals surface area contributed by atoms with Crippen molar-refractivity contribution in [2.45, 2.75) is 90.9 Å². The Morgan fingerprint density at radius 3 is 1.40 bits per heavy atom. The van der Waals surface area contributed by atoms with E-state index in [4.69, 9.17) is 0 Å². The molecule has 3 nitrogen and oxygen atoms in total. The molecule has 0 fully saturated rings. The number of unbranched alkanes of at least 4 members (excludes halogenated alkanes) is 11. The highest BCUT2D eigenvalue weighted by molar-refractivity contribution is 7.17. The predicted octanol–water partition coefficient (Wildman–Crippen LogP) is 5.16. The first-order valence-electron chi connectivity index (χ1n) is 8.57. The maximum atomic E-state index is 9.28. The zero-order valence-electron chi connectivity index (χ0n) is 13.9. The van der Waals surface area contributed by atoms with Crippen molar-refractivity contribution in [3.8, 4) is 0 Å². The minimum Gasteiger partial charge on any atom is -0.358 e. The van der Waals surface area contributed by atoms with Crippen LogP contribution in [0.2, 0.25) is 0 Å². The van der Waals surface area contributed by atoms with Gasteiger partial charge in [-0.25, -0.2) is 4.57 Å². The molecule has 20 heavy (non-hydrogen) atoms. The monoisotopic (exact) mass is 306 g/mol. The van der Waals surface area contributed by atoms with E-state index in [-0.39, 0.29) is 8.69 Å². The first-order chi connectivity index (χ1) is 9.83. The van der Waals surface area contributed by atoms with E-state index in [2.05, 4.69) is 17.2 Å². The molecular formula is C16H37NO2P+. The molecule has 0 aliphatic heterocycles. The van der Waals surface area contributed by atoms with Gasteiger partial charge in [-0.1, -0.05) is 71.1 Å². The first-order valence-corrected chi connectivity index (χ1v) is 9.30. The molecule has 122 valence electrons. The third kappa shape index (κ3) is 26.6. The summed E-state index contributed by atoms with van der Waals surface area (Å²) in [5, 5.41) is 0. The lowest BCUT2D eigenvalue weighted by Gasteiger charge is -2.01. The second-order valence-corrected chi connectivity index (χ2v) is 5.64. The Bertz CT molecular complexity index is 157. The van der Waals surface area contributed by atoms with Crippen molar-refractivity contribution in [2.75, 3.05) is 13.2 Å². The van der Waals surface area contributed by atoms with E-state index >= 15 is 0 Å². The van der Waals surface area contributed by atoms with Gasteiger partial charge in [-0.2, -0.15) is 0 Å². The summed E-state index contributed by atoms with van der Waals surface area (Å²) in [4.78, 5) is 0. The van der Waals surface area contributed by atoms with E-state index in [1.54, 1.807) is 6.92 Å². The summed E-state index contributed by atoms with van der Waals surface area (Å²) in [5.74, 6) is 0. The molecule has 0 atom stereocenters. The Kier molecular flexibility index (Phi) is 26.8.